The average Bonchev–Trinajstić information content (AvgIpc) is 3.37. The molecule has 0 aliphatic carbocycles. The zero-order valence-corrected chi connectivity index (χ0v) is 21.9. The highest BCUT2D eigenvalue weighted by Gasteiger charge is 2.33. The van der Waals surface area contributed by atoms with Crippen molar-refractivity contribution >= 4 is 17.5 Å². The number of aryl methyl sites for hydroxylation is 1. The number of hydrogen-bond donors (Lipinski definition) is 1. The van der Waals surface area contributed by atoms with Crippen molar-refractivity contribution in [2.24, 2.45) is 0 Å². The van der Waals surface area contributed by atoms with Crippen molar-refractivity contribution in [1.82, 2.24) is 14.7 Å². The molecule has 0 unspecified atom stereocenters. The van der Waals surface area contributed by atoms with Gasteiger partial charge in [-0.15, -0.1) is 0 Å². The number of likely N-dealkylation sites (tertiary alicyclic amines) is 1. The molecule has 2 fully saturated rings. The van der Waals surface area contributed by atoms with Crippen LogP contribution in [0.5, 0.6) is 11.5 Å². The first-order valence-electron chi connectivity index (χ1n) is 12.7. The molecule has 0 aromatic heterocycles. The Morgan fingerprint density at radius 3 is 2.36 bits per heavy atom. The van der Waals surface area contributed by atoms with E-state index in [9.17, 15) is 9.59 Å². The minimum atomic E-state index is -0.00221. The Labute approximate surface area is 214 Å². The summed E-state index contributed by atoms with van der Waals surface area (Å²) in [5, 5.41) is 3.04. The molecule has 1 N–H and O–H groups in total. The molecule has 2 aliphatic heterocycles. The summed E-state index contributed by atoms with van der Waals surface area (Å²) in [6.07, 6.45) is 1.89. The summed E-state index contributed by atoms with van der Waals surface area (Å²) < 4.78 is 11.0. The number of amides is 2. The first-order valence-corrected chi connectivity index (χ1v) is 12.7. The molecule has 0 saturated carbocycles. The molecule has 0 bridgehead atoms. The highest BCUT2D eigenvalue weighted by molar-refractivity contribution is 5.93. The lowest BCUT2D eigenvalue weighted by Crippen LogP contribution is -2.51. The topological polar surface area (TPSA) is 74.4 Å². The van der Waals surface area contributed by atoms with Gasteiger partial charge in [0.05, 0.1) is 33.4 Å². The molecule has 2 saturated heterocycles. The zero-order valence-electron chi connectivity index (χ0n) is 21.9. The molecule has 8 heteroatoms. The number of benzene rings is 2. The predicted octanol–water partition coefficient (Wildman–Crippen LogP) is 3.24. The molecule has 2 aliphatic rings. The van der Waals surface area contributed by atoms with Gasteiger partial charge in [0.2, 0.25) is 11.8 Å². The Balaban J connectivity index is 1.29. The Hall–Kier alpha value is -3.10. The molecule has 1 atom stereocenters. The van der Waals surface area contributed by atoms with Crippen LogP contribution < -0.4 is 14.8 Å². The van der Waals surface area contributed by atoms with Crippen molar-refractivity contribution in [2.75, 3.05) is 65.3 Å². The summed E-state index contributed by atoms with van der Waals surface area (Å²) in [5.41, 5.74) is 4.14. The van der Waals surface area contributed by atoms with Crippen LogP contribution in [0.15, 0.2) is 36.4 Å². The van der Waals surface area contributed by atoms with Gasteiger partial charge in [0, 0.05) is 44.0 Å². The Kier molecular flexibility index (Phi) is 8.48. The third-order valence-corrected chi connectivity index (χ3v) is 7.44. The zero-order chi connectivity index (χ0) is 25.7. The van der Waals surface area contributed by atoms with E-state index < -0.39 is 0 Å². The van der Waals surface area contributed by atoms with Gasteiger partial charge >= 0.3 is 0 Å². The van der Waals surface area contributed by atoms with Gasteiger partial charge in [-0.25, -0.2) is 0 Å². The van der Waals surface area contributed by atoms with Gasteiger partial charge in [0.25, 0.3) is 0 Å². The molecule has 36 heavy (non-hydrogen) atoms. The normalized spacial score (nSPS) is 18.8. The standard InChI is InChI=1S/C28H38N4O4/c1-20-7-5-8-24(21(20)2)29-27(33)18-30-13-15-31(16-14-30)19-28(34)32-12-6-9-25(32)23-17-22(35-3)10-11-26(23)36-4/h5,7-8,10-11,17,25H,6,9,12-16,18-19H2,1-4H3,(H,29,33)/t25-/m1/s1. The third kappa shape index (κ3) is 5.99. The Morgan fingerprint density at radius 2 is 1.67 bits per heavy atom. The van der Waals surface area contributed by atoms with E-state index in [2.05, 4.69) is 15.1 Å². The third-order valence-electron chi connectivity index (χ3n) is 7.44. The largest absolute Gasteiger partial charge is 0.497 e. The molecule has 0 spiro atoms. The van der Waals surface area contributed by atoms with Crippen LogP contribution in [0.2, 0.25) is 0 Å². The van der Waals surface area contributed by atoms with Gasteiger partial charge < -0.3 is 19.7 Å². The number of methoxy groups -OCH3 is 2. The van der Waals surface area contributed by atoms with E-state index in [1.165, 1.54) is 0 Å². The van der Waals surface area contributed by atoms with E-state index in [-0.39, 0.29) is 17.9 Å². The van der Waals surface area contributed by atoms with Crippen LogP contribution in [0, 0.1) is 13.8 Å². The lowest BCUT2D eigenvalue weighted by atomic mass is 10.0. The summed E-state index contributed by atoms with van der Waals surface area (Å²) >= 11 is 0. The first kappa shape index (κ1) is 26.0. The van der Waals surface area contributed by atoms with Gasteiger partial charge in [-0.3, -0.25) is 19.4 Å². The molecule has 2 aromatic rings. The Bertz CT molecular complexity index is 1080. The molecular weight excluding hydrogens is 456 g/mol. The highest BCUT2D eigenvalue weighted by atomic mass is 16.5. The summed E-state index contributed by atoms with van der Waals surface area (Å²) in [5.74, 6) is 1.69. The maximum Gasteiger partial charge on any atom is 0.238 e. The van der Waals surface area contributed by atoms with Crippen molar-refractivity contribution in [2.45, 2.75) is 32.7 Å². The SMILES string of the molecule is COc1ccc(OC)c([C@H]2CCCN2C(=O)CN2CCN(CC(=O)Nc3cccc(C)c3C)CC2)c1. The fraction of sp³-hybridized carbons (Fsp3) is 0.500. The van der Waals surface area contributed by atoms with E-state index in [0.717, 1.165) is 79.4 Å². The molecule has 4 rings (SSSR count). The van der Waals surface area contributed by atoms with E-state index in [0.29, 0.717) is 13.1 Å². The van der Waals surface area contributed by atoms with Gasteiger partial charge in [0.1, 0.15) is 11.5 Å². The van der Waals surface area contributed by atoms with Crippen LogP contribution in [-0.2, 0) is 9.59 Å². The van der Waals surface area contributed by atoms with Crippen LogP contribution in [0.1, 0.15) is 35.6 Å². The second-order valence-electron chi connectivity index (χ2n) is 9.70. The number of carbonyl (C=O) groups excluding carboxylic acids is 2. The highest BCUT2D eigenvalue weighted by Crippen LogP contribution is 2.39. The smallest absolute Gasteiger partial charge is 0.238 e. The van der Waals surface area contributed by atoms with Crippen molar-refractivity contribution in [3.63, 3.8) is 0 Å². The molecule has 2 aromatic carbocycles. The first-order chi connectivity index (χ1) is 17.4. The number of ether oxygens (including phenoxy) is 2. The number of hydrogen-bond acceptors (Lipinski definition) is 6. The number of nitrogens with one attached hydrogen (secondary N) is 1. The predicted molar refractivity (Wildman–Crippen MR) is 141 cm³/mol. The number of carbonyl (C=O) groups is 2. The summed E-state index contributed by atoms with van der Waals surface area (Å²) in [6, 6.07) is 11.7. The molecule has 2 amide bonds. The van der Waals surface area contributed by atoms with Gasteiger partial charge in [-0.1, -0.05) is 12.1 Å². The lowest BCUT2D eigenvalue weighted by molar-refractivity contribution is -0.134. The molecule has 8 nitrogen and oxygen atoms in total. The molecule has 194 valence electrons. The van der Waals surface area contributed by atoms with E-state index in [4.69, 9.17) is 9.47 Å². The second-order valence-corrected chi connectivity index (χ2v) is 9.70. The van der Waals surface area contributed by atoms with Crippen LogP contribution in [0.4, 0.5) is 5.69 Å². The lowest BCUT2D eigenvalue weighted by Gasteiger charge is -2.35. The fourth-order valence-corrected chi connectivity index (χ4v) is 5.16. The van der Waals surface area contributed by atoms with E-state index in [1.807, 2.05) is 55.1 Å². The van der Waals surface area contributed by atoms with Crippen LogP contribution in [0.25, 0.3) is 0 Å². The maximum atomic E-state index is 13.3. The van der Waals surface area contributed by atoms with Gasteiger partial charge in [-0.05, 0) is 62.1 Å². The summed E-state index contributed by atoms with van der Waals surface area (Å²) in [6.45, 7) is 8.64. The Morgan fingerprint density at radius 1 is 0.944 bits per heavy atom. The molecular formula is C28H38N4O4. The summed E-state index contributed by atoms with van der Waals surface area (Å²) in [7, 11) is 3.31. The van der Waals surface area contributed by atoms with E-state index in [1.54, 1.807) is 14.2 Å². The molecule has 2 heterocycles. The maximum absolute atomic E-state index is 13.3. The number of piperazine rings is 1. The van der Waals surface area contributed by atoms with Crippen LogP contribution >= 0.6 is 0 Å². The van der Waals surface area contributed by atoms with Crippen LogP contribution in [0.3, 0.4) is 0 Å². The monoisotopic (exact) mass is 494 g/mol. The number of anilines is 1. The van der Waals surface area contributed by atoms with Crippen molar-refractivity contribution in [3.8, 4) is 11.5 Å². The number of nitrogens with zero attached hydrogens (tertiary/aromatic N) is 3. The van der Waals surface area contributed by atoms with Crippen molar-refractivity contribution in [3.05, 3.63) is 53.1 Å². The summed E-state index contributed by atoms with van der Waals surface area (Å²) in [4.78, 5) is 32.2. The van der Waals surface area contributed by atoms with Crippen molar-refractivity contribution in [1.29, 1.82) is 0 Å². The molecule has 0 radical (unpaired) electrons. The fourth-order valence-electron chi connectivity index (χ4n) is 5.16. The minimum absolute atomic E-state index is 0.000344. The van der Waals surface area contributed by atoms with Gasteiger partial charge in [-0.2, -0.15) is 0 Å². The van der Waals surface area contributed by atoms with Gasteiger partial charge in [0.15, 0.2) is 0 Å². The van der Waals surface area contributed by atoms with E-state index >= 15 is 0 Å². The quantitative estimate of drug-likeness (QED) is 0.607. The number of rotatable bonds is 8. The minimum Gasteiger partial charge on any atom is -0.497 e. The van der Waals surface area contributed by atoms with Crippen LogP contribution in [-0.4, -0.2) is 86.5 Å². The average molecular weight is 495 g/mol. The second kappa shape index (κ2) is 11.8. The van der Waals surface area contributed by atoms with Crippen molar-refractivity contribution < 1.29 is 19.1 Å².